The number of ether oxygens (including phenoxy) is 1. The number of ketones is 1. The fourth-order valence-corrected chi connectivity index (χ4v) is 1.65. The topological polar surface area (TPSA) is 61.2 Å². The van der Waals surface area contributed by atoms with Crippen LogP contribution in [0.15, 0.2) is 41.5 Å². The van der Waals surface area contributed by atoms with Crippen molar-refractivity contribution in [3.05, 3.63) is 58.5 Å². The highest BCUT2D eigenvalue weighted by Gasteiger charge is 2.14. The van der Waals surface area contributed by atoms with E-state index in [1.165, 1.54) is 37.7 Å². The fourth-order valence-electron chi connectivity index (χ4n) is 1.65. The molecule has 1 aromatic carbocycles. The number of Topliss-reactive ketones (excluding diaryl/α,β-unsaturated/α-hetero) is 1. The molecule has 19 heavy (non-hydrogen) atoms. The molecule has 0 saturated heterocycles. The molecule has 0 N–H and O–H groups in total. The van der Waals surface area contributed by atoms with Gasteiger partial charge in [0, 0.05) is 12.4 Å². The summed E-state index contributed by atoms with van der Waals surface area (Å²) < 4.78 is 19.3. The van der Waals surface area contributed by atoms with Crippen LogP contribution in [0, 0.1) is 5.82 Å². The predicted octanol–water partition coefficient (Wildman–Crippen LogP) is 1.27. The highest BCUT2D eigenvalue weighted by atomic mass is 19.1. The van der Waals surface area contributed by atoms with Crippen molar-refractivity contribution in [3.63, 3.8) is 0 Å². The van der Waals surface area contributed by atoms with Crippen LogP contribution in [0.1, 0.15) is 10.4 Å². The summed E-state index contributed by atoms with van der Waals surface area (Å²) in [5, 5.41) is 0. The summed E-state index contributed by atoms with van der Waals surface area (Å²) in [6.45, 7) is -0.216. The van der Waals surface area contributed by atoms with Gasteiger partial charge in [0.2, 0.25) is 0 Å². The summed E-state index contributed by atoms with van der Waals surface area (Å²) >= 11 is 0. The normalized spacial score (nSPS) is 10.2. The van der Waals surface area contributed by atoms with Gasteiger partial charge in [0.1, 0.15) is 11.6 Å². The number of benzene rings is 1. The van der Waals surface area contributed by atoms with Gasteiger partial charge in [0.05, 0.1) is 19.2 Å². The third-order valence-corrected chi connectivity index (χ3v) is 2.56. The van der Waals surface area contributed by atoms with Crippen molar-refractivity contribution in [2.75, 3.05) is 7.11 Å². The molecule has 5 nitrogen and oxygen atoms in total. The molecule has 2 rings (SSSR count). The number of nitrogens with zero attached hydrogens (tertiary/aromatic N) is 2. The Hall–Kier alpha value is -2.50. The number of carbonyl (C=O) groups excluding carboxylic acids is 1. The highest BCUT2D eigenvalue weighted by Crippen LogP contribution is 2.20. The van der Waals surface area contributed by atoms with Crippen LogP contribution < -0.4 is 10.4 Å². The monoisotopic (exact) mass is 262 g/mol. The van der Waals surface area contributed by atoms with Gasteiger partial charge in [-0.2, -0.15) is 0 Å². The Bertz CT molecular complexity index is 667. The van der Waals surface area contributed by atoms with Gasteiger partial charge < -0.3 is 4.74 Å². The molecule has 0 aliphatic heterocycles. The first kappa shape index (κ1) is 12.9. The Morgan fingerprint density at radius 1 is 1.47 bits per heavy atom. The number of hydrogen-bond acceptors (Lipinski definition) is 4. The minimum Gasteiger partial charge on any atom is -0.496 e. The molecule has 0 aliphatic rings. The third kappa shape index (κ3) is 2.85. The van der Waals surface area contributed by atoms with Crippen molar-refractivity contribution in [1.82, 2.24) is 9.55 Å². The van der Waals surface area contributed by atoms with Gasteiger partial charge in [-0.1, -0.05) is 0 Å². The summed E-state index contributed by atoms with van der Waals surface area (Å²) in [5.74, 6) is -0.697. The lowest BCUT2D eigenvalue weighted by molar-refractivity contribution is 0.0967. The van der Waals surface area contributed by atoms with Crippen LogP contribution in [0.4, 0.5) is 4.39 Å². The van der Waals surface area contributed by atoms with Crippen LogP contribution in [-0.4, -0.2) is 22.4 Å². The van der Waals surface area contributed by atoms with Gasteiger partial charge in [0.15, 0.2) is 5.78 Å². The lowest BCUT2D eigenvalue weighted by Crippen LogP contribution is -2.25. The molecule has 0 bridgehead atoms. The molecule has 0 saturated carbocycles. The third-order valence-electron chi connectivity index (χ3n) is 2.56. The molecule has 0 atom stereocenters. The van der Waals surface area contributed by atoms with Crippen LogP contribution in [0.3, 0.4) is 0 Å². The zero-order chi connectivity index (χ0) is 13.8. The Balaban J connectivity index is 2.33. The quantitative estimate of drug-likeness (QED) is 0.778. The Labute approximate surface area is 108 Å². The molecule has 2 aromatic rings. The van der Waals surface area contributed by atoms with Gasteiger partial charge in [-0.05, 0) is 24.3 Å². The van der Waals surface area contributed by atoms with E-state index in [0.29, 0.717) is 0 Å². The van der Waals surface area contributed by atoms with Gasteiger partial charge in [0.25, 0.3) is 0 Å². The number of halogens is 1. The van der Waals surface area contributed by atoms with Crippen molar-refractivity contribution in [1.29, 1.82) is 0 Å². The zero-order valence-corrected chi connectivity index (χ0v) is 10.2. The minimum absolute atomic E-state index is 0.0956. The number of rotatable bonds is 4. The minimum atomic E-state index is -0.539. The molecule has 1 aromatic heterocycles. The smallest absolute Gasteiger partial charge is 0.347 e. The van der Waals surface area contributed by atoms with E-state index in [1.54, 1.807) is 0 Å². The molecule has 0 spiro atoms. The molecule has 0 aliphatic carbocycles. The largest absolute Gasteiger partial charge is 0.496 e. The highest BCUT2D eigenvalue weighted by molar-refractivity contribution is 5.98. The van der Waals surface area contributed by atoms with E-state index < -0.39 is 17.3 Å². The van der Waals surface area contributed by atoms with E-state index in [-0.39, 0.29) is 17.9 Å². The van der Waals surface area contributed by atoms with Gasteiger partial charge >= 0.3 is 5.69 Å². The Kier molecular flexibility index (Phi) is 3.70. The average Bonchev–Trinajstić information content (AvgIpc) is 2.41. The molecule has 0 unspecified atom stereocenters. The van der Waals surface area contributed by atoms with Crippen LogP contribution >= 0.6 is 0 Å². The van der Waals surface area contributed by atoms with E-state index in [2.05, 4.69) is 4.98 Å². The molecular formula is C13H11FN2O3. The van der Waals surface area contributed by atoms with E-state index in [4.69, 9.17) is 4.74 Å². The van der Waals surface area contributed by atoms with Crippen LogP contribution in [0.5, 0.6) is 5.75 Å². The molecule has 0 fully saturated rings. The van der Waals surface area contributed by atoms with E-state index in [1.807, 2.05) is 0 Å². The molecule has 6 heteroatoms. The Morgan fingerprint density at radius 2 is 2.26 bits per heavy atom. The first-order valence-corrected chi connectivity index (χ1v) is 5.50. The second kappa shape index (κ2) is 5.43. The second-order valence-electron chi connectivity index (χ2n) is 3.80. The summed E-state index contributed by atoms with van der Waals surface area (Å²) in [6, 6.07) is 5.19. The molecule has 0 radical (unpaired) electrons. The SMILES string of the molecule is COc1ccc(F)cc1C(=O)Cn1cccnc1=O. The van der Waals surface area contributed by atoms with Crippen molar-refractivity contribution in [2.24, 2.45) is 0 Å². The van der Waals surface area contributed by atoms with Gasteiger partial charge in [-0.25, -0.2) is 14.2 Å². The molecule has 0 amide bonds. The maximum atomic E-state index is 13.2. The standard InChI is InChI=1S/C13H11FN2O3/c1-19-12-4-3-9(14)7-10(12)11(17)8-16-6-2-5-15-13(16)18/h2-7H,8H2,1H3. The summed E-state index contributed by atoms with van der Waals surface area (Å²) in [6.07, 6.45) is 2.78. The first-order chi connectivity index (χ1) is 9.11. The zero-order valence-electron chi connectivity index (χ0n) is 10.2. The van der Waals surface area contributed by atoms with Crippen molar-refractivity contribution < 1.29 is 13.9 Å². The van der Waals surface area contributed by atoms with Crippen molar-refractivity contribution in [3.8, 4) is 5.75 Å². The summed E-state index contributed by atoms with van der Waals surface area (Å²) in [5.41, 5.74) is -0.440. The number of hydrogen-bond donors (Lipinski definition) is 0. The predicted molar refractivity (Wildman–Crippen MR) is 65.8 cm³/mol. The Morgan fingerprint density at radius 3 is 2.95 bits per heavy atom. The summed E-state index contributed by atoms with van der Waals surface area (Å²) in [4.78, 5) is 27.0. The van der Waals surface area contributed by atoms with Crippen LogP contribution in [0.25, 0.3) is 0 Å². The average molecular weight is 262 g/mol. The van der Waals surface area contributed by atoms with Crippen LogP contribution in [0.2, 0.25) is 0 Å². The number of carbonyl (C=O) groups is 1. The molecule has 98 valence electrons. The van der Waals surface area contributed by atoms with Crippen molar-refractivity contribution in [2.45, 2.75) is 6.54 Å². The maximum absolute atomic E-state index is 13.2. The number of methoxy groups -OCH3 is 1. The van der Waals surface area contributed by atoms with Crippen LogP contribution in [-0.2, 0) is 6.54 Å². The lowest BCUT2D eigenvalue weighted by Gasteiger charge is -2.08. The van der Waals surface area contributed by atoms with E-state index in [9.17, 15) is 14.0 Å². The fraction of sp³-hybridized carbons (Fsp3) is 0.154. The van der Waals surface area contributed by atoms with Gasteiger partial charge in [-0.15, -0.1) is 0 Å². The van der Waals surface area contributed by atoms with E-state index in [0.717, 1.165) is 10.6 Å². The first-order valence-electron chi connectivity index (χ1n) is 5.50. The maximum Gasteiger partial charge on any atom is 0.347 e. The van der Waals surface area contributed by atoms with Crippen molar-refractivity contribution >= 4 is 5.78 Å². The molecule has 1 heterocycles. The second-order valence-corrected chi connectivity index (χ2v) is 3.80. The lowest BCUT2D eigenvalue weighted by atomic mass is 10.1. The molecular weight excluding hydrogens is 251 g/mol. The van der Waals surface area contributed by atoms with Gasteiger partial charge in [-0.3, -0.25) is 9.36 Å². The van der Waals surface area contributed by atoms with E-state index >= 15 is 0 Å². The number of aromatic nitrogens is 2. The summed E-state index contributed by atoms with van der Waals surface area (Å²) in [7, 11) is 1.39.